The van der Waals surface area contributed by atoms with Crippen LogP contribution in [0.25, 0.3) is 11.0 Å². The minimum atomic E-state index is -0.341. The van der Waals surface area contributed by atoms with Gasteiger partial charge in [-0.05, 0) is 50.3 Å². The van der Waals surface area contributed by atoms with E-state index in [1.54, 1.807) is 6.07 Å². The van der Waals surface area contributed by atoms with E-state index in [-0.39, 0.29) is 30.0 Å². The summed E-state index contributed by atoms with van der Waals surface area (Å²) in [6.07, 6.45) is 4.33. The number of nitrogens with zero attached hydrogens (tertiary/aromatic N) is 4. The van der Waals surface area contributed by atoms with Crippen molar-refractivity contribution in [1.82, 2.24) is 19.7 Å². The van der Waals surface area contributed by atoms with E-state index in [0.717, 1.165) is 48.0 Å². The van der Waals surface area contributed by atoms with Gasteiger partial charge in [0.1, 0.15) is 16.8 Å². The van der Waals surface area contributed by atoms with Gasteiger partial charge in [0.05, 0.1) is 5.69 Å². The summed E-state index contributed by atoms with van der Waals surface area (Å²) < 4.78 is 7.24. The first-order valence-electron chi connectivity index (χ1n) is 12.6. The molecule has 35 heavy (non-hydrogen) atoms. The van der Waals surface area contributed by atoms with Gasteiger partial charge in [0, 0.05) is 31.6 Å². The maximum atomic E-state index is 11.4. The largest absolute Gasteiger partial charge is 0.427 e. The van der Waals surface area contributed by atoms with Crippen molar-refractivity contribution >= 4 is 28.8 Å². The quantitative estimate of drug-likeness (QED) is 0.313. The summed E-state index contributed by atoms with van der Waals surface area (Å²) in [5.74, 6) is 1.68. The smallest absolute Gasteiger partial charge is 0.308 e. The number of anilines is 2. The Hall–Kier alpha value is -3.20. The number of nitrogens with two attached hydrogens (primary N) is 1. The number of carbonyl (C=O) groups excluding carboxylic acids is 1. The number of aromatic nitrogens is 4. The lowest BCUT2D eigenvalue weighted by Gasteiger charge is -2.29. The van der Waals surface area contributed by atoms with Crippen LogP contribution < -0.4 is 21.1 Å². The van der Waals surface area contributed by atoms with Crippen molar-refractivity contribution in [3.05, 3.63) is 35.5 Å². The van der Waals surface area contributed by atoms with Gasteiger partial charge < -0.3 is 21.1 Å². The molecule has 9 nitrogen and oxygen atoms in total. The van der Waals surface area contributed by atoms with E-state index in [4.69, 9.17) is 25.5 Å². The van der Waals surface area contributed by atoms with Crippen LogP contribution in [0, 0.1) is 0 Å². The second-order valence-electron chi connectivity index (χ2n) is 9.97. The van der Waals surface area contributed by atoms with Gasteiger partial charge in [0.2, 0.25) is 5.95 Å². The van der Waals surface area contributed by atoms with Gasteiger partial charge in [0.15, 0.2) is 5.82 Å². The fourth-order valence-electron chi connectivity index (χ4n) is 4.59. The summed E-state index contributed by atoms with van der Waals surface area (Å²) in [5, 5.41) is 11.9. The lowest BCUT2D eigenvalue weighted by atomic mass is 9.91. The van der Waals surface area contributed by atoms with Gasteiger partial charge in [-0.25, -0.2) is 4.98 Å². The van der Waals surface area contributed by atoms with Crippen LogP contribution in [0.4, 0.5) is 11.8 Å². The van der Waals surface area contributed by atoms with Crippen LogP contribution in [-0.2, 0) is 11.3 Å². The van der Waals surface area contributed by atoms with Gasteiger partial charge in [0.25, 0.3) is 0 Å². The second kappa shape index (κ2) is 10.6. The van der Waals surface area contributed by atoms with Crippen molar-refractivity contribution in [3.63, 3.8) is 0 Å². The number of nitrogens with one attached hydrogen (secondary N) is 2. The molecule has 1 saturated carbocycles. The number of benzene rings is 1. The topological polar surface area (TPSA) is 120 Å². The van der Waals surface area contributed by atoms with Crippen LogP contribution in [0.1, 0.15) is 83.5 Å². The Morgan fingerprint density at radius 3 is 2.66 bits per heavy atom. The molecule has 0 amide bonds. The predicted molar refractivity (Wildman–Crippen MR) is 139 cm³/mol. The number of rotatable bonds is 8. The zero-order valence-corrected chi connectivity index (χ0v) is 21.3. The Morgan fingerprint density at radius 2 is 1.97 bits per heavy atom. The van der Waals surface area contributed by atoms with E-state index in [9.17, 15) is 4.79 Å². The van der Waals surface area contributed by atoms with E-state index in [1.165, 1.54) is 6.92 Å². The zero-order valence-electron chi connectivity index (χ0n) is 21.3. The molecule has 1 aliphatic carbocycles. The Morgan fingerprint density at radius 1 is 1.20 bits per heavy atom. The van der Waals surface area contributed by atoms with Crippen molar-refractivity contribution in [2.45, 2.75) is 90.9 Å². The van der Waals surface area contributed by atoms with Crippen molar-refractivity contribution in [2.24, 2.45) is 5.73 Å². The highest BCUT2D eigenvalue weighted by Gasteiger charge is 2.25. The number of hydrogen-bond acceptors (Lipinski definition) is 8. The summed E-state index contributed by atoms with van der Waals surface area (Å²) in [6.45, 7) is 10.4. The van der Waals surface area contributed by atoms with Crippen LogP contribution in [0.15, 0.2) is 24.3 Å². The molecule has 4 N–H and O–H groups in total. The van der Waals surface area contributed by atoms with Gasteiger partial charge in [-0.15, -0.1) is 0 Å². The molecule has 0 radical (unpaired) electrons. The molecule has 1 fully saturated rings. The highest BCUT2D eigenvalue weighted by Crippen LogP contribution is 2.32. The summed E-state index contributed by atoms with van der Waals surface area (Å²) >= 11 is 0. The Kier molecular flexibility index (Phi) is 7.54. The highest BCUT2D eigenvalue weighted by molar-refractivity contribution is 5.89. The summed E-state index contributed by atoms with van der Waals surface area (Å²) in [7, 11) is 0. The average Bonchev–Trinajstić information content (AvgIpc) is 3.19. The van der Waals surface area contributed by atoms with Crippen LogP contribution >= 0.6 is 0 Å². The van der Waals surface area contributed by atoms with Gasteiger partial charge in [-0.1, -0.05) is 38.8 Å². The fourth-order valence-corrected chi connectivity index (χ4v) is 4.59. The molecule has 0 saturated heterocycles. The van der Waals surface area contributed by atoms with E-state index >= 15 is 0 Å². The highest BCUT2D eigenvalue weighted by atomic mass is 16.5. The molecule has 188 valence electrons. The minimum Gasteiger partial charge on any atom is -0.427 e. The molecule has 3 aromatic rings. The maximum Gasteiger partial charge on any atom is 0.308 e. The standard InChI is InChI=1S/C26H37N7O2/c1-15(2)22-23-24(33(32-22)16(3)4)25(28-14-18-9-8-10-19(13-18)35-17(5)34)31-26(30-23)29-21-12-7-6-11-20(21)27/h8-10,13,15-16,20-21H,6-7,11-12,14,27H2,1-5H3,(H2,28,29,30,31). The third-order valence-corrected chi connectivity index (χ3v) is 6.36. The Labute approximate surface area is 206 Å². The molecule has 0 aliphatic heterocycles. The number of ether oxygens (including phenoxy) is 1. The lowest BCUT2D eigenvalue weighted by molar-refractivity contribution is -0.131. The van der Waals surface area contributed by atoms with E-state index in [0.29, 0.717) is 24.1 Å². The number of esters is 1. The molecule has 0 spiro atoms. The van der Waals surface area contributed by atoms with Crippen molar-refractivity contribution in [3.8, 4) is 5.75 Å². The van der Waals surface area contributed by atoms with Crippen LogP contribution in [0.2, 0.25) is 0 Å². The summed E-state index contributed by atoms with van der Waals surface area (Å²) in [5.41, 5.74) is 10.1. The molecule has 2 atom stereocenters. The number of carbonyl (C=O) groups is 1. The zero-order chi connectivity index (χ0) is 25.1. The summed E-state index contributed by atoms with van der Waals surface area (Å²) in [6, 6.07) is 7.86. The molecule has 2 aromatic heterocycles. The van der Waals surface area contributed by atoms with Crippen molar-refractivity contribution in [1.29, 1.82) is 0 Å². The lowest BCUT2D eigenvalue weighted by Crippen LogP contribution is -2.43. The summed E-state index contributed by atoms with van der Waals surface area (Å²) in [4.78, 5) is 21.2. The maximum absolute atomic E-state index is 11.4. The van der Waals surface area contributed by atoms with Gasteiger partial charge >= 0.3 is 5.97 Å². The van der Waals surface area contributed by atoms with E-state index < -0.39 is 0 Å². The normalized spacial score (nSPS) is 18.3. The molecule has 2 unspecified atom stereocenters. The Bertz CT molecular complexity index is 1190. The van der Waals surface area contributed by atoms with Crippen molar-refractivity contribution < 1.29 is 9.53 Å². The molecule has 0 bridgehead atoms. The monoisotopic (exact) mass is 479 g/mol. The van der Waals surface area contributed by atoms with Crippen LogP contribution in [0.5, 0.6) is 5.75 Å². The molecular weight excluding hydrogens is 442 g/mol. The van der Waals surface area contributed by atoms with E-state index in [2.05, 4.69) is 38.3 Å². The molecule has 1 aromatic carbocycles. The predicted octanol–water partition coefficient (Wildman–Crippen LogP) is 4.75. The SMILES string of the molecule is CC(=O)Oc1cccc(CNc2nc(NC3CCCCC3N)nc3c(C(C)C)nn(C(C)C)c23)c1. The Balaban J connectivity index is 1.72. The molecule has 2 heterocycles. The first-order valence-corrected chi connectivity index (χ1v) is 12.6. The molecule has 1 aliphatic rings. The molecule has 4 rings (SSSR count). The third kappa shape index (κ3) is 5.73. The first-order chi connectivity index (χ1) is 16.7. The third-order valence-electron chi connectivity index (χ3n) is 6.36. The van der Waals surface area contributed by atoms with Crippen LogP contribution in [-0.4, -0.2) is 37.8 Å². The fraction of sp³-hybridized carbons (Fsp3) is 0.538. The van der Waals surface area contributed by atoms with Gasteiger partial charge in [-0.3, -0.25) is 9.48 Å². The minimum absolute atomic E-state index is 0.0893. The van der Waals surface area contributed by atoms with Crippen molar-refractivity contribution in [2.75, 3.05) is 10.6 Å². The second-order valence-corrected chi connectivity index (χ2v) is 9.97. The van der Waals surface area contributed by atoms with Gasteiger partial charge in [-0.2, -0.15) is 10.1 Å². The van der Waals surface area contributed by atoms with E-state index in [1.807, 2.05) is 22.9 Å². The average molecular weight is 480 g/mol. The molecule has 9 heteroatoms. The number of hydrogen-bond donors (Lipinski definition) is 3. The number of fused-ring (bicyclic) bond motifs is 1. The molecular formula is C26H37N7O2. The van der Waals surface area contributed by atoms with Crippen LogP contribution in [0.3, 0.4) is 0 Å². The first kappa shape index (κ1) is 24.9.